The number of thiophene rings is 1. The van der Waals surface area contributed by atoms with E-state index in [1.54, 1.807) is 17.7 Å². The van der Waals surface area contributed by atoms with Crippen molar-refractivity contribution in [2.75, 3.05) is 7.05 Å². The number of nitrogens with one attached hydrogen (secondary N) is 2. The molecule has 0 aliphatic rings. The van der Waals surface area contributed by atoms with E-state index in [2.05, 4.69) is 101 Å². The molecular weight excluding hydrogens is 502 g/mol. The molecule has 0 unspecified atom stereocenters. The number of nitrogens with two attached hydrogens (primary N) is 1. The zero-order chi connectivity index (χ0) is 27.3. The second kappa shape index (κ2) is 9.87. The van der Waals surface area contributed by atoms with Crippen molar-refractivity contribution in [3.63, 3.8) is 0 Å². The topological polar surface area (TPSA) is 109 Å². The molecular formula is C31H31N7S. The molecule has 8 heteroatoms. The zero-order valence-corrected chi connectivity index (χ0v) is 23.5. The number of imidazole rings is 2. The predicted molar refractivity (Wildman–Crippen MR) is 163 cm³/mol. The Balaban J connectivity index is 0.00000135. The molecule has 0 aliphatic carbocycles. The van der Waals surface area contributed by atoms with Crippen LogP contribution in [0.3, 0.4) is 0 Å². The van der Waals surface area contributed by atoms with Gasteiger partial charge in [0.15, 0.2) is 0 Å². The number of aromatic amines is 2. The molecule has 4 N–H and O–H groups in total. The fourth-order valence-corrected chi connectivity index (χ4v) is 6.08. The highest BCUT2D eigenvalue weighted by molar-refractivity contribution is 7.22. The van der Waals surface area contributed by atoms with Crippen LogP contribution in [-0.4, -0.2) is 37.0 Å². The third kappa shape index (κ3) is 4.26. The molecule has 39 heavy (non-hydrogen) atoms. The van der Waals surface area contributed by atoms with Crippen LogP contribution in [0.2, 0.25) is 0 Å². The van der Waals surface area contributed by atoms with Gasteiger partial charge >= 0.3 is 0 Å². The number of hydrogen-bond acceptors (Lipinski definition) is 6. The maximum Gasteiger partial charge on any atom is 0.116 e. The summed E-state index contributed by atoms with van der Waals surface area (Å²) in [5, 5.41) is 4.51. The van der Waals surface area contributed by atoms with Gasteiger partial charge in [-0.25, -0.2) is 19.9 Å². The first kappa shape index (κ1) is 25.2. The number of nitrogens with zero attached hydrogens (tertiary/aromatic N) is 4. The Bertz CT molecular complexity index is 1960. The number of fused-ring (bicyclic) bond motifs is 7. The van der Waals surface area contributed by atoms with E-state index in [4.69, 9.17) is 4.98 Å². The van der Waals surface area contributed by atoms with Gasteiger partial charge in [-0.1, -0.05) is 52.0 Å². The van der Waals surface area contributed by atoms with Crippen molar-refractivity contribution in [2.45, 2.75) is 39.5 Å². The Hall–Kier alpha value is -4.14. The van der Waals surface area contributed by atoms with Gasteiger partial charge in [0.1, 0.15) is 18.0 Å². The van der Waals surface area contributed by atoms with Crippen molar-refractivity contribution in [3.8, 4) is 21.7 Å². The zero-order valence-electron chi connectivity index (χ0n) is 22.7. The van der Waals surface area contributed by atoms with Crippen molar-refractivity contribution in [1.82, 2.24) is 29.9 Å². The Morgan fingerprint density at radius 3 is 2.28 bits per heavy atom. The molecule has 0 aliphatic heterocycles. The van der Waals surface area contributed by atoms with Crippen molar-refractivity contribution < 1.29 is 0 Å². The summed E-state index contributed by atoms with van der Waals surface area (Å²) in [5.74, 6) is 2.68. The highest BCUT2D eigenvalue weighted by Crippen LogP contribution is 2.38. The van der Waals surface area contributed by atoms with E-state index >= 15 is 0 Å². The molecule has 3 aromatic carbocycles. The van der Waals surface area contributed by atoms with Gasteiger partial charge in [0.2, 0.25) is 0 Å². The summed E-state index contributed by atoms with van der Waals surface area (Å²) in [5.41, 5.74) is 10.8. The number of H-pyrrole nitrogens is 2. The molecule has 0 spiro atoms. The summed E-state index contributed by atoms with van der Waals surface area (Å²) in [4.78, 5) is 26.7. The minimum absolute atomic E-state index is 0.305. The molecule has 0 amide bonds. The van der Waals surface area contributed by atoms with Crippen LogP contribution in [-0.2, 0) is 0 Å². The van der Waals surface area contributed by atoms with Crippen LogP contribution in [0.5, 0.6) is 0 Å². The van der Waals surface area contributed by atoms with Crippen LogP contribution in [0.25, 0.3) is 64.5 Å². The molecule has 0 saturated heterocycles. The summed E-state index contributed by atoms with van der Waals surface area (Å²) < 4.78 is 1.26. The molecule has 0 radical (unpaired) electrons. The summed E-state index contributed by atoms with van der Waals surface area (Å²) >= 11 is 1.79. The lowest BCUT2D eigenvalue weighted by atomic mass is 9.98. The van der Waals surface area contributed by atoms with E-state index in [1.807, 2.05) is 12.4 Å². The molecule has 0 fully saturated rings. The van der Waals surface area contributed by atoms with Crippen LogP contribution in [0.15, 0.2) is 61.2 Å². The second-order valence-electron chi connectivity index (χ2n) is 10.2. The third-order valence-electron chi connectivity index (χ3n) is 7.04. The number of aromatic nitrogens is 6. The maximum atomic E-state index is 4.96. The number of benzene rings is 3. The lowest BCUT2D eigenvalue weighted by molar-refractivity contribution is 0.795. The Morgan fingerprint density at radius 1 is 0.744 bits per heavy atom. The third-order valence-corrected chi connectivity index (χ3v) is 8.18. The molecule has 196 valence electrons. The van der Waals surface area contributed by atoms with E-state index in [1.165, 1.54) is 27.6 Å². The van der Waals surface area contributed by atoms with E-state index in [0.29, 0.717) is 11.8 Å². The van der Waals surface area contributed by atoms with Crippen molar-refractivity contribution in [2.24, 2.45) is 5.73 Å². The van der Waals surface area contributed by atoms with Gasteiger partial charge in [0.05, 0.1) is 33.3 Å². The van der Waals surface area contributed by atoms with Gasteiger partial charge in [-0.05, 0) is 47.1 Å². The molecule has 7 rings (SSSR count). The van der Waals surface area contributed by atoms with Gasteiger partial charge in [-0.3, -0.25) is 0 Å². The smallest absolute Gasteiger partial charge is 0.116 e. The van der Waals surface area contributed by atoms with Crippen LogP contribution >= 0.6 is 11.3 Å². The SMILES string of the molecule is CC(C)c1ncc(-c2cc3ccc(-c4ccc5c(c4)c4cncnc4c4[nH]c(C(C)C)nc54)cc3s2)[nH]1.CN. The molecule has 4 aromatic heterocycles. The first-order valence-electron chi connectivity index (χ1n) is 13.2. The highest BCUT2D eigenvalue weighted by atomic mass is 32.1. The van der Waals surface area contributed by atoms with Gasteiger partial charge in [-0.2, -0.15) is 0 Å². The van der Waals surface area contributed by atoms with Crippen molar-refractivity contribution >= 4 is 54.1 Å². The van der Waals surface area contributed by atoms with Gasteiger partial charge < -0.3 is 15.7 Å². The van der Waals surface area contributed by atoms with Crippen LogP contribution in [0.4, 0.5) is 0 Å². The van der Waals surface area contributed by atoms with E-state index in [-0.39, 0.29) is 0 Å². The van der Waals surface area contributed by atoms with Crippen molar-refractivity contribution in [3.05, 3.63) is 72.8 Å². The average Bonchev–Trinajstić information content (AvgIpc) is 3.72. The van der Waals surface area contributed by atoms with Gasteiger partial charge in [0, 0.05) is 33.5 Å². The first-order valence-corrected chi connectivity index (χ1v) is 14.0. The van der Waals surface area contributed by atoms with Gasteiger partial charge in [0.25, 0.3) is 0 Å². The largest absolute Gasteiger partial charge is 0.341 e. The molecule has 0 bridgehead atoms. The Labute approximate surface area is 230 Å². The summed E-state index contributed by atoms with van der Waals surface area (Å²) in [7, 11) is 1.50. The molecule has 0 atom stereocenters. The lowest BCUT2D eigenvalue weighted by Gasteiger charge is -2.08. The van der Waals surface area contributed by atoms with E-state index < -0.39 is 0 Å². The average molecular weight is 534 g/mol. The monoisotopic (exact) mass is 533 g/mol. The molecule has 7 nitrogen and oxygen atoms in total. The number of hydrogen-bond donors (Lipinski definition) is 3. The highest BCUT2D eigenvalue weighted by Gasteiger charge is 2.16. The van der Waals surface area contributed by atoms with E-state index in [0.717, 1.165) is 55.6 Å². The molecule has 7 aromatic rings. The fraction of sp³-hybridized carbons (Fsp3) is 0.226. The van der Waals surface area contributed by atoms with E-state index in [9.17, 15) is 0 Å². The number of rotatable bonds is 4. The van der Waals surface area contributed by atoms with Crippen molar-refractivity contribution in [1.29, 1.82) is 0 Å². The maximum absolute atomic E-state index is 4.96. The molecule has 4 heterocycles. The first-order chi connectivity index (χ1) is 19.0. The Morgan fingerprint density at radius 2 is 1.51 bits per heavy atom. The van der Waals surface area contributed by atoms with Crippen LogP contribution in [0.1, 0.15) is 51.2 Å². The normalized spacial score (nSPS) is 11.8. The quantitative estimate of drug-likeness (QED) is 0.200. The predicted octanol–water partition coefficient (Wildman–Crippen LogP) is 7.75. The lowest BCUT2D eigenvalue weighted by Crippen LogP contribution is -1.88. The summed E-state index contributed by atoms with van der Waals surface area (Å²) in [6.45, 7) is 8.60. The second-order valence-corrected chi connectivity index (χ2v) is 11.3. The minimum Gasteiger partial charge on any atom is -0.341 e. The molecule has 0 saturated carbocycles. The summed E-state index contributed by atoms with van der Waals surface area (Å²) in [6, 6.07) is 15.6. The van der Waals surface area contributed by atoms with Gasteiger partial charge in [-0.15, -0.1) is 11.3 Å². The summed E-state index contributed by atoms with van der Waals surface area (Å²) in [6.07, 6.45) is 5.46. The standard InChI is InChI=1S/C30H26N6S.CH5N/c1-15(2)29-32-13-23(34-29)25-11-19-6-5-18(10-24(19)37-25)17-7-8-20-21(9-17)22-12-31-14-33-26(22)28-27(20)35-30(36-28)16(3)4;1-2/h5-16H,1-4H3,(H,32,34)(H,35,36);2H2,1H3. The minimum atomic E-state index is 0.305. The van der Waals surface area contributed by atoms with Crippen LogP contribution < -0.4 is 5.73 Å². The van der Waals surface area contributed by atoms with Crippen LogP contribution in [0, 0.1) is 0 Å². The fourth-order valence-electron chi connectivity index (χ4n) is 5.01. The Kier molecular flexibility index (Phi) is 6.37.